The molecule has 0 saturated carbocycles. The number of hydrogen-bond donors (Lipinski definition) is 1. The number of thiazole rings is 2. The van der Waals surface area contributed by atoms with Crippen LogP contribution in [-0.4, -0.2) is 58.7 Å². The van der Waals surface area contributed by atoms with Gasteiger partial charge in [0.2, 0.25) is 0 Å². The van der Waals surface area contributed by atoms with Gasteiger partial charge in [0.25, 0.3) is 5.91 Å². The molecule has 0 atom stereocenters. The van der Waals surface area contributed by atoms with Crippen LogP contribution in [0.4, 0.5) is 14.7 Å². The second-order valence-electron chi connectivity index (χ2n) is 16.4. The summed E-state index contributed by atoms with van der Waals surface area (Å²) in [5.41, 5.74) is 4.82. The summed E-state index contributed by atoms with van der Waals surface area (Å²) in [4.78, 5) is 55.0. The van der Waals surface area contributed by atoms with Gasteiger partial charge in [-0.05, 0) is 118 Å². The van der Waals surface area contributed by atoms with Crippen LogP contribution in [0, 0.1) is 5.82 Å². The summed E-state index contributed by atoms with van der Waals surface area (Å²) in [5.74, 6) is -0.861. The van der Waals surface area contributed by atoms with Crippen molar-refractivity contribution in [2.75, 3.05) is 30.5 Å². The molecule has 3 aromatic carbocycles. The Morgan fingerprint density at radius 3 is 2.51 bits per heavy atom. The number of ether oxygens (including phenoxy) is 3. The van der Waals surface area contributed by atoms with Crippen molar-refractivity contribution in [3.63, 3.8) is 0 Å². The van der Waals surface area contributed by atoms with Crippen molar-refractivity contribution in [1.82, 2.24) is 15.0 Å². The summed E-state index contributed by atoms with van der Waals surface area (Å²) in [6.45, 7) is 7.04. The smallest absolute Gasteiger partial charge is 0.357 e. The van der Waals surface area contributed by atoms with E-state index in [2.05, 4.69) is 20.2 Å². The zero-order valence-electron chi connectivity index (χ0n) is 35.9. The largest absolute Gasteiger partial charge is 0.492 e. The lowest BCUT2D eigenvalue weighted by molar-refractivity contribution is -0.154. The lowest BCUT2D eigenvalue weighted by Gasteiger charge is -2.29. The van der Waals surface area contributed by atoms with Gasteiger partial charge in [-0.2, -0.15) is 0 Å². The molecule has 4 heterocycles. The molecule has 1 aliphatic heterocycles. The maximum absolute atomic E-state index is 15.3. The van der Waals surface area contributed by atoms with Crippen molar-refractivity contribution < 1.29 is 33.0 Å². The molecule has 0 aliphatic carbocycles. The van der Waals surface area contributed by atoms with Crippen LogP contribution in [0.25, 0.3) is 21.5 Å². The molecule has 0 fully saturated rings. The van der Waals surface area contributed by atoms with Crippen molar-refractivity contribution in [2.24, 2.45) is 0 Å². The Labute approximate surface area is 380 Å². The molecule has 330 valence electrons. The van der Waals surface area contributed by atoms with E-state index in [4.69, 9.17) is 30.8 Å². The van der Waals surface area contributed by atoms with Crippen LogP contribution in [0.3, 0.4) is 0 Å². The Bertz CT molecular complexity index is 2560. The Hall–Kier alpha value is -5.44. The standard InChI is InChI=1S/C48H51ClFN5O6S2/c1-48(2,3)61-41(56)20-9-7-5-6-8-14-30-26-36(50)42(51-28-30)32-21-22-38(35(49)27-32)60-25-13-19-40-43(45(58)59-4)53-47(63-40)55-24-23-31-15-12-16-33(34(31)29-55)44(57)54-46-52-37-17-10-11-18-39(37)62-46/h10-12,15-18,21-22,26-28H,5-9,13-14,19-20,23-25,29H2,1-4H3,(H,52,54,57). The van der Waals surface area contributed by atoms with Gasteiger partial charge in [-0.3, -0.25) is 19.9 Å². The number of rotatable bonds is 18. The summed E-state index contributed by atoms with van der Waals surface area (Å²) in [6.07, 6.45) is 9.26. The molecule has 63 heavy (non-hydrogen) atoms. The minimum atomic E-state index is -0.516. The highest BCUT2D eigenvalue weighted by Gasteiger charge is 2.27. The fourth-order valence-electron chi connectivity index (χ4n) is 7.48. The first-order valence-corrected chi connectivity index (χ1v) is 23.3. The Morgan fingerprint density at radius 1 is 0.921 bits per heavy atom. The molecule has 1 aliphatic rings. The fourth-order valence-corrected chi connectivity index (χ4v) is 9.69. The van der Waals surface area contributed by atoms with Crippen molar-refractivity contribution in [3.8, 4) is 17.0 Å². The van der Waals surface area contributed by atoms with Crippen LogP contribution in [0.5, 0.6) is 5.75 Å². The number of esters is 2. The van der Waals surface area contributed by atoms with Gasteiger partial charge in [0.1, 0.15) is 22.9 Å². The number of fused-ring (bicyclic) bond motifs is 2. The molecular formula is C48H51ClFN5O6S2. The molecule has 7 rings (SSSR count). The van der Waals surface area contributed by atoms with Crippen LogP contribution in [-0.2, 0) is 40.1 Å². The van der Waals surface area contributed by atoms with Gasteiger partial charge >= 0.3 is 11.9 Å². The van der Waals surface area contributed by atoms with Crippen LogP contribution in [0.2, 0.25) is 5.02 Å². The number of amides is 1. The van der Waals surface area contributed by atoms with Gasteiger partial charge in [-0.1, -0.05) is 66.5 Å². The Morgan fingerprint density at radius 2 is 1.73 bits per heavy atom. The summed E-state index contributed by atoms with van der Waals surface area (Å²) >= 11 is 9.49. The molecule has 1 amide bonds. The summed E-state index contributed by atoms with van der Waals surface area (Å²) in [5, 5.41) is 4.54. The molecule has 1 N–H and O–H groups in total. The van der Waals surface area contributed by atoms with E-state index in [0.717, 1.165) is 63.9 Å². The molecule has 3 aromatic heterocycles. The molecule has 0 spiro atoms. The third kappa shape index (κ3) is 12.0. The second-order valence-corrected chi connectivity index (χ2v) is 18.9. The normalized spacial score (nSPS) is 12.6. The van der Waals surface area contributed by atoms with Crippen LogP contribution in [0.1, 0.15) is 108 Å². The number of benzene rings is 3. The molecular weight excluding hydrogens is 861 g/mol. The predicted octanol–water partition coefficient (Wildman–Crippen LogP) is 11.4. The molecule has 15 heteroatoms. The minimum Gasteiger partial charge on any atom is -0.492 e. The second kappa shape index (κ2) is 20.8. The monoisotopic (exact) mass is 911 g/mol. The van der Waals surface area contributed by atoms with Crippen molar-refractivity contribution in [2.45, 2.75) is 97.1 Å². The molecule has 11 nitrogen and oxygen atoms in total. The van der Waals surface area contributed by atoms with Crippen LogP contribution >= 0.6 is 34.3 Å². The van der Waals surface area contributed by atoms with E-state index in [1.165, 1.54) is 35.8 Å². The van der Waals surface area contributed by atoms with Crippen molar-refractivity contribution >= 4 is 72.6 Å². The van der Waals surface area contributed by atoms with Crippen molar-refractivity contribution in [1.29, 1.82) is 0 Å². The van der Waals surface area contributed by atoms with Gasteiger partial charge in [0, 0.05) is 41.7 Å². The number of methoxy groups -OCH3 is 1. The molecule has 6 aromatic rings. The summed E-state index contributed by atoms with van der Waals surface area (Å²) < 4.78 is 32.8. The first kappa shape index (κ1) is 45.6. The number of carbonyl (C=O) groups excluding carboxylic acids is 3. The van der Waals surface area contributed by atoms with Gasteiger partial charge in [0.15, 0.2) is 16.0 Å². The summed E-state index contributed by atoms with van der Waals surface area (Å²) in [6, 6.07) is 20.2. The van der Waals surface area contributed by atoms with Gasteiger partial charge in [-0.25, -0.2) is 19.2 Å². The fraction of sp³-hybridized carbons (Fsp3) is 0.375. The van der Waals surface area contributed by atoms with Crippen molar-refractivity contribution in [3.05, 3.63) is 117 Å². The number of unbranched alkanes of at least 4 members (excludes halogenated alkanes) is 4. The molecule has 0 saturated heterocycles. The van der Waals surface area contributed by atoms with E-state index in [1.807, 2.05) is 63.2 Å². The minimum absolute atomic E-state index is 0.161. The maximum Gasteiger partial charge on any atom is 0.357 e. The number of aromatic nitrogens is 3. The predicted molar refractivity (Wildman–Crippen MR) is 248 cm³/mol. The van der Waals surface area contributed by atoms with E-state index in [9.17, 15) is 14.4 Å². The number of nitrogens with one attached hydrogen (secondary N) is 1. The highest BCUT2D eigenvalue weighted by atomic mass is 35.5. The first-order valence-electron chi connectivity index (χ1n) is 21.2. The third-order valence-electron chi connectivity index (χ3n) is 10.5. The highest BCUT2D eigenvalue weighted by Crippen LogP contribution is 2.35. The first-order chi connectivity index (χ1) is 30.3. The van der Waals surface area contributed by atoms with E-state index in [0.29, 0.717) is 84.0 Å². The highest BCUT2D eigenvalue weighted by molar-refractivity contribution is 7.22. The number of nitrogens with zero attached hydrogens (tertiary/aromatic N) is 4. The number of pyridine rings is 1. The SMILES string of the molecule is COC(=O)c1nc(N2CCc3cccc(C(=O)Nc4nc5ccccc5s4)c3C2)sc1CCCOc1ccc(-c2ncc(CCCCCCCC(=O)OC(C)(C)C)cc2F)cc1Cl. The van der Waals surface area contributed by atoms with Crippen LogP contribution < -0.4 is 15.0 Å². The average Bonchev–Trinajstić information content (AvgIpc) is 3.88. The number of aryl methyl sites for hydroxylation is 2. The molecule has 0 radical (unpaired) electrons. The number of carbonyl (C=O) groups is 3. The number of anilines is 2. The number of halogens is 2. The van der Waals surface area contributed by atoms with E-state index < -0.39 is 17.4 Å². The van der Waals surface area contributed by atoms with Gasteiger partial charge in [0.05, 0.1) is 29.0 Å². The lowest BCUT2D eigenvalue weighted by Crippen LogP contribution is -2.32. The topological polar surface area (TPSA) is 133 Å². The zero-order chi connectivity index (χ0) is 44.5. The van der Waals surface area contributed by atoms with Gasteiger partial charge < -0.3 is 19.1 Å². The summed E-state index contributed by atoms with van der Waals surface area (Å²) in [7, 11) is 1.34. The van der Waals surface area contributed by atoms with E-state index >= 15 is 4.39 Å². The molecule has 0 unspecified atom stereocenters. The van der Waals surface area contributed by atoms with E-state index in [-0.39, 0.29) is 23.3 Å². The van der Waals surface area contributed by atoms with Gasteiger partial charge in [-0.15, -0.1) is 11.3 Å². The quantitative estimate of drug-likeness (QED) is 0.0656. The average molecular weight is 913 g/mol. The van der Waals surface area contributed by atoms with Crippen LogP contribution in [0.15, 0.2) is 72.9 Å². The number of para-hydroxylation sites is 1. The third-order valence-corrected chi connectivity index (χ3v) is 13.0. The number of hydrogen-bond acceptors (Lipinski definition) is 12. The zero-order valence-corrected chi connectivity index (χ0v) is 38.3. The maximum atomic E-state index is 15.3. The Balaban J connectivity index is 0.904. The molecule has 0 bridgehead atoms. The Kier molecular flexibility index (Phi) is 15.1. The lowest BCUT2D eigenvalue weighted by atomic mass is 9.94. The van der Waals surface area contributed by atoms with E-state index in [1.54, 1.807) is 24.4 Å².